The summed E-state index contributed by atoms with van der Waals surface area (Å²) in [6, 6.07) is 8.94. The van der Waals surface area contributed by atoms with Gasteiger partial charge in [0.1, 0.15) is 5.58 Å². The Morgan fingerprint density at radius 3 is 3.00 bits per heavy atom. The molecule has 0 saturated carbocycles. The summed E-state index contributed by atoms with van der Waals surface area (Å²) in [5.74, 6) is 0. The summed E-state index contributed by atoms with van der Waals surface area (Å²) in [4.78, 5) is 11.5. The molecular weight excluding hydrogens is 296 g/mol. The average Bonchev–Trinajstić information content (AvgIpc) is 2.83. The largest absolute Gasteiger partial charge is 0.423 e. The van der Waals surface area contributed by atoms with E-state index in [4.69, 9.17) is 4.42 Å². The number of rotatable bonds is 2. The maximum atomic E-state index is 11.5. The molecule has 0 radical (unpaired) electrons. The molecule has 2 aromatic heterocycles. The summed E-state index contributed by atoms with van der Waals surface area (Å²) in [6.45, 7) is 0.547. The van der Waals surface area contributed by atoms with E-state index < -0.39 is 0 Å². The van der Waals surface area contributed by atoms with E-state index in [9.17, 15) is 4.79 Å². The molecule has 3 rings (SSSR count). The van der Waals surface area contributed by atoms with Crippen LogP contribution >= 0.6 is 15.9 Å². The van der Waals surface area contributed by atoms with E-state index in [0.717, 1.165) is 15.4 Å². The zero-order valence-corrected chi connectivity index (χ0v) is 10.9. The first kappa shape index (κ1) is 11.2. The van der Waals surface area contributed by atoms with Crippen molar-refractivity contribution in [3.05, 3.63) is 63.2 Å². The quantitative estimate of drug-likeness (QED) is 0.684. The van der Waals surface area contributed by atoms with Gasteiger partial charge in [-0.2, -0.15) is 5.10 Å². The Bertz CT molecular complexity index is 747. The van der Waals surface area contributed by atoms with Crippen molar-refractivity contribution in [2.75, 3.05) is 0 Å². The minimum atomic E-state index is -0.341. The summed E-state index contributed by atoms with van der Waals surface area (Å²) < 4.78 is 7.89. The average molecular weight is 305 g/mol. The molecule has 0 bridgehead atoms. The van der Waals surface area contributed by atoms with E-state index >= 15 is 0 Å². The Kier molecular flexibility index (Phi) is 2.76. The van der Waals surface area contributed by atoms with Gasteiger partial charge >= 0.3 is 5.63 Å². The Hall–Kier alpha value is -1.88. The molecule has 90 valence electrons. The molecule has 0 fully saturated rings. The van der Waals surface area contributed by atoms with Crippen LogP contribution in [0.3, 0.4) is 0 Å². The highest BCUT2D eigenvalue weighted by atomic mass is 79.9. The van der Waals surface area contributed by atoms with Crippen LogP contribution in [-0.2, 0) is 6.54 Å². The number of aromatic nitrogens is 2. The third kappa shape index (κ3) is 2.09. The van der Waals surface area contributed by atoms with Gasteiger partial charge in [0.15, 0.2) is 0 Å². The van der Waals surface area contributed by atoms with Crippen molar-refractivity contribution in [1.82, 2.24) is 9.78 Å². The van der Waals surface area contributed by atoms with Crippen LogP contribution in [0.25, 0.3) is 11.0 Å². The fourth-order valence-corrected chi connectivity index (χ4v) is 2.26. The zero-order chi connectivity index (χ0) is 12.5. The van der Waals surface area contributed by atoms with E-state index in [1.807, 2.05) is 24.4 Å². The molecule has 0 atom stereocenters. The summed E-state index contributed by atoms with van der Waals surface area (Å²) in [5.41, 5.74) is 1.14. The Morgan fingerprint density at radius 2 is 2.22 bits per heavy atom. The molecule has 3 aromatic rings. The van der Waals surface area contributed by atoms with E-state index in [1.165, 1.54) is 6.07 Å². The van der Waals surface area contributed by atoms with Crippen LogP contribution in [0.1, 0.15) is 5.56 Å². The predicted molar refractivity (Wildman–Crippen MR) is 71.5 cm³/mol. The normalized spacial score (nSPS) is 10.9. The van der Waals surface area contributed by atoms with Crippen LogP contribution in [0.5, 0.6) is 0 Å². The molecule has 4 nitrogen and oxygen atoms in total. The van der Waals surface area contributed by atoms with Crippen LogP contribution in [0, 0.1) is 0 Å². The third-order valence-electron chi connectivity index (χ3n) is 2.68. The lowest BCUT2D eigenvalue weighted by atomic mass is 10.1. The van der Waals surface area contributed by atoms with Gasteiger partial charge in [-0.05, 0) is 29.8 Å². The molecule has 1 aromatic carbocycles. The highest BCUT2D eigenvalue weighted by Gasteiger charge is 2.07. The predicted octanol–water partition coefficient (Wildman–Crippen LogP) is 2.80. The van der Waals surface area contributed by atoms with Crippen molar-refractivity contribution in [2.45, 2.75) is 6.54 Å². The minimum Gasteiger partial charge on any atom is -0.423 e. The highest BCUT2D eigenvalue weighted by Crippen LogP contribution is 2.22. The monoisotopic (exact) mass is 304 g/mol. The second-order valence-corrected chi connectivity index (χ2v) is 4.85. The van der Waals surface area contributed by atoms with Crippen LogP contribution < -0.4 is 5.63 Å². The first-order valence-corrected chi connectivity index (χ1v) is 6.21. The summed E-state index contributed by atoms with van der Waals surface area (Å²) in [6.07, 6.45) is 3.57. The summed E-state index contributed by atoms with van der Waals surface area (Å²) >= 11 is 3.42. The lowest BCUT2D eigenvalue weighted by Crippen LogP contribution is -2.06. The Balaban J connectivity index is 2.20. The number of hydrogen-bond donors (Lipinski definition) is 0. The number of hydrogen-bond acceptors (Lipinski definition) is 3. The fourth-order valence-electron chi connectivity index (χ4n) is 1.90. The Morgan fingerprint density at radius 1 is 1.33 bits per heavy atom. The SMILES string of the molecule is O=c1cc(Cn2cccn2)c2cc(Br)ccc2o1. The molecule has 0 saturated heterocycles. The first-order chi connectivity index (χ1) is 8.72. The van der Waals surface area contributed by atoms with Crippen molar-refractivity contribution in [2.24, 2.45) is 0 Å². The van der Waals surface area contributed by atoms with E-state index in [1.54, 1.807) is 16.9 Å². The van der Waals surface area contributed by atoms with Gasteiger partial charge in [0.05, 0.1) is 6.54 Å². The van der Waals surface area contributed by atoms with Crippen molar-refractivity contribution < 1.29 is 4.42 Å². The van der Waals surface area contributed by atoms with Crippen LogP contribution in [0.2, 0.25) is 0 Å². The minimum absolute atomic E-state index is 0.341. The number of halogens is 1. The zero-order valence-electron chi connectivity index (χ0n) is 9.34. The Labute approximate surface area is 111 Å². The molecule has 0 unspecified atom stereocenters. The second kappa shape index (κ2) is 4.42. The lowest BCUT2D eigenvalue weighted by molar-refractivity contribution is 0.556. The van der Waals surface area contributed by atoms with Crippen molar-refractivity contribution in [3.63, 3.8) is 0 Å². The van der Waals surface area contributed by atoms with Crippen LogP contribution in [-0.4, -0.2) is 9.78 Å². The molecule has 0 amide bonds. The molecule has 5 heteroatoms. The van der Waals surface area contributed by atoms with Crippen LogP contribution in [0.15, 0.2) is 56.4 Å². The van der Waals surface area contributed by atoms with Gasteiger partial charge in [0.25, 0.3) is 0 Å². The highest BCUT2D eigenvalue weighted by molar-refractivity contribution is 9.10. The molecule has 2 heterocycles. The van der Waals surface area contributed by atoms with Gasteiger partial charge in [0.2, 0.25) is 0 Å². The molecule has 0 aliphatic heterocycles. The molecule has 0 aliphatic carbocycles. The molecule has 18 heavy (non-hydrogen) atoms. The van der Waals surface area contributed by atoms with Gasteiger partial charge in [0, 0.05) is 28.3 Å². The van der Waals surface area contributed by atoms with Crippen molar-refractivity contribution >= 4 is 26.9 Å². The van der Waals surface area contributed by atoms with Gasteiger partial charge < -0.3 is 4.42 Å². The smallest absolute Gasteiger partial charge is 0.336 e. The third-order valence-corrected chi connectivity index (χ3v) is 3.17. The van der Waals surface area contributed by atoms with Gasteiger partial charge in [-0.15, -0.1) is 0 Å². The maximum Gasteiger partial charge on any atom is 0.336 e. The van der Waals surface area contributed by atoms with E-state index in [-0.39, 0.29) is 5.63 Å². The molecular formula is C13H9BrN2O2. The van der Waals surface area contributed by atoms with Gasteiger partial charge in [-0.25, -0.2) is 4.79 Å². The number of benzene rings is 1. The van der Waals surface area contributed by atoms with E-state index in [0.29, 0.717) is 12.1 Å². The van der Waals surface area contributed by atoms with Crippen molar-refractivity contribution in [1.29, 1.82) is 0 Å². The van der Waals surface area contributed by atoms with E-state index in [2.05, 4.69) is 21.0 Å². The lowest BCUT2D eigenvalue weighted by Gasteiger charge is -2.06. The first-order valence-electron chi connectivity index (χ1n) is 5.42. The number of fused-ring (bicyclic) bond motifs is 1. The standard InChI is InChI=1S/C13H9BrN2O2/c14-10-2-3-12-11(7-10)9(6-13(17)18-12)8-16-5-1-4-15-16/h1-7H,8H2. The van der Waals surface area contributed by atoms with Gasteiger partial charge in [-0.1, -0.05) is 15.9 Å². The topological polar surface area (TPSA) is 48.0 Å². The fraction of sp³-hybridized carbons (Fsp3) is 0.0769. The molecule has 0 N–H and O–H groups in total. The molecule has 0 aliphatic rings. The van der Waals surface area contributed by atoms with Gasteiger partial charge in [-0.3, -0.25) is 4.68 Å². The summed E-state index contributed by atoms with van der Waals surface area (Å²) in [5, 5.41) is 5.06. The summed E-state index contributed by atoms with van der Waals surface area (Å²) in [7, 11) is 0. The van der Waals surface area contributed by atoms with Crippen molar-refractivity contribution in [3.8, 4) is 0 Å². The van der Waals surface area contributed by atoms with Crippen LogP contribution in [0.4, 0.5) is 0 Å². The molecule has 0 spiro atoms. The second-order valence-electron chi connectivity index (χ2n) is 3.93. The maximum absolute atomic E-state index is 11.5. The number of nitrogens with zero attached hydrogens (tertiary/aromatic N) is 2.